The van der Waals surface area contributed by atoms with E-state index in [0.717, 1.165) is 0 Å². The number of hydrogen-bond donors (Lipinski definition) is 1. The molecule has 106 valence electrons. The van der Waals surface area contributed by atoms with Gasteiger partial charge in [-0.15, -0.1) is 0 Å². The normalized spacial score (nSPS) is 11.1. The summed E-state index contributed by atoms with van der Waals surface area (Å²) < 4.78 is 4.77. The van der Waals surface area contributed by atoms with Gasteiger partial charge in [0.1, 0.15) is 16.1 Å². The fourth-order valence-corrected chi connectivity index (χ4v) is 2.06. The van der Waals surface area contributed by atoms with Gasteiger partial charge in [0, 0.05) is 0 Å². The van der Waals surface area contributed by atoms with Crippen molar-refractivity contribution in [2.24, 2.45) is 0 Å². The van der Waals surface area contributed by atoms with Crippen molar-refractivity contribution in [2.75, 3.05) is 0 Å². The van der Waals surface area contributed by atoms with Gasteiger partial charge in [0.15, 0.2) is 5.75 Å². The van der Waals surface area contributed by atoms with Gasteiger partial charge in [-0.3, -0.25) is 0 Å². The number of esters is 1. The number of ether oxygens (including phenoxy) is 1. The molecule has 3 N–H and O–H groups in total. The molecule has 0 radical (unpaired) electrons. The van der Waals surface area contributed by atoms with Crippen molar-refractivity contribution in [2.45, 2.75) is 13.0 Å². The zero-order chi connectivity index (χ0) is 13.3. The molecular weight excluding hydrogens is 389 g/mol. The average Bonchev–Trinajstić information content (AvgIpc) is 2.29. The van der Waals surface area contributed by atoms with Crippen molar-refractivity contribution >= 4 is 102 Å². The first kappa shape index (κ1) is 22.6. The van der Waals surface area contributed by atoms with Crippen LogP contribution in [0, 0.1) is 0 Å². The maximum absolute atomic E-state index is 11.2. The molecule has 1 atom stereocenters. The Labute approximate surface area is 164 Å². The number of carbonyl (C=O) groups excluding carboxylic acids is 1. The van der Waals surface area contributed by atoms with Gasteiger partial charge < -0.3 is 15.3 Å². The van der Waals surface area contributed by atoms with Crippen LogP contribution in [0.5, 0.6) is 5.75 Å². The van der Waals surface area contributed by atoms with Crippen LogP contribution in [0.25, 0.3) is 0 Å². The fraction of sp³-hybridized carbons (Fsp3) is 0.222. The first-order chi connectivity index (χ1) is 7.77. The van der Waals surface area contributed by atoms with E-state index in [1.165, 1.54) is 6.92 Å². The van der Waals surface area contributed by atoms with Gasteiger partial charge in [-0.05, 0) is 6.92 Å². The number of halogens is 5. The molecule has 4 nitrogen and oxygen atoms in total. The Morgan fingerprint density at radius 3 is 1.63 bits per heavy atom. The Kier molecular flexibility index (Phi) is 11.1. The van der Waals surface area contributed by atoms with E-state index >= 15 is 0 Å². The molecule has 0 aliphatic rings. The van der Waals surface area contributed by atoms with E-state index in [1.54, 1.807) is 0 Å². The van der Waals surface area contributed by atoms with Gasteiger partial charge >= 0.3 is 43.7 Å². The molecule has 0 spiro atoms. The topological polar surface area (TPSA) is 78.0 Å². The van der Waals surface area contributed by atoms with E-state index < -0.39 is 12.1 Å². The molecular formula is C9H9CaCl5O4. The summed E-state index contributed by atoms with van der Waals surface area (Å²) in [5.41, 5.74) is 0. The van der Waals surface area contributed by atoms with E-state index in [2.05, 4.69) is 0 Å². The molecule has 0 amide bonds. The van der Waals surface area contributed by atoms with Crippen LogP contribution in [0.2, 0.25) is 25.1 Å². The SMILES string of the molecule is CC(O)C(=O)Oc1c(Cl)c(Cl)c(Cl)c(Cl)c1Cl.O.[CaH2]. The Morgan fingerprint density at radius 2 is 1.32 bits per heavy atom. The van der Waals surface area contributed by atoms with E-state index in [0.29, 0.717) is 0 Å². The van der Waals surface area contributed by atoms with Crippen LogP contribution in [0.4, 0.5) is 0 Å². The maximum atomic E-state index is 11.2. The number of hydrogen-bond acceptors (Lipinski definition) is 3. The molecule has 1 rings (SSSR count). The molecule has 1 unspecified atom stereocenters. The first-order valence-corrected chi connectivity index (χ1v) is 6.07. The summed E-state index contributed by atoms with van der Waals surface area (Å²) in [4.78, 5) is 11.2. The number of benzene rings is 1. The first-order valence-electron chi connectivity index (χ1n) is 4.18. The monoisotopic (exact) mass is 396 g/mol. The van der Waals surface area contributed by atoms with E-state index in [-0.39, 0.29) is 74.1 Å². The van der Waals surface area contributed by atoms with E-state index in [4.69, 9.17) is 67.8 Å². The Bertz CT molecular complexity index is 451. The van der Waals surface area contributed by atoms with Crippen LogP contribution in [0.1, 0.15) is 6.92 Å². The molecule has 10 heteroatoms. The molecule has 0 aliphatic carbocycles. The molecule has 0 bridgehead atoms. The van der Waals surface area contributed by atoms with Crippen molar-refractivity contribution in [3.05, 3.63) is 25.1 Å². The summed E-state index contributed by atoms with van der Waals surface area (Å²) in [6.07, 6.45) is -1.34. The van der Waals surface area contributed by atoms with Crippen molar-refractivity contribution in [1.82, 2.24) is 0 Å². The van der Waals surface area contributed by atoms with E-state index in [9.17, 15) is 4.79 Å². The number of rotatable bonds is 2. The van der Waals surface area contributed by atoms with Crippen molar-refractivity contribution in [3.8, 4) is 5.75 Å². The van der Waals surface area contributed by atoms with Crippen molar-refractivity contribution in [1.29, 1.82) is 0 Å². The molecule has 1 aromatic rings. The summed E-state index contributed by atoms with van der Waals surface area (Å²) >= 11 is 28.9. The van der Waals surface area contributed by atoms with Gasteiger partial charge in [0.05, 0.1) is 15.1 Å². The second-order valence-electron chi connectivity index (χ2n) is 3.00. The molecule has 19 heavy (non-hydrogen) atoms. The van der Waals surface area contributed by atoms with Crippen LogP contribution in [0.3, 0.4) is 0 Å². The average molecular weight is 399 g/mol. The number of carbonyl (C=O) groups is 1. The number of aliphatic hydroxyl groups is 1. The minimum atomic E-state index is -1.34. The van der Waals surface area contributed by atoms with Crippen LogP contribution >= 0.6 is 58.0 Å². The van der Waals surface area contributed by atoms with Crippen molar-refractivity contribution in [3.63, 3.8) is 0 Å². The molecule has 1 aromatic carbocycles. The summed E-state index contributed by atoms with van der Waals surface area (Å²) in [6, 6.07) is 0. The van der Waals surface area contributed by atoms with Gasteiger partial charge in [-0.2, -0.15) is 0 Å². The standard InChI is InChI=1S/C9H5Cl5O3.Ca.H2O.2H/c1-2(15)9(16)17-8-6(13)4(11)3(10)5(12)7(8)14;;;;/h2,15H,1H3;;1H2;;. The molecule has 0 heterocycles. The number of aliphatic hydroxyl groups excluding tert-OH is 1. The molecule has 0 aromatic heterocycles. The summed E-state index contributed by atoms with van der Waals surface area (Å²) in [7, 11) is 0. The predicted octanol–water partition coefficient (Wildman–Crippen LogP) is 2.50. The second kappa shape index (κ2) is 9.36. The summed E-state index contributed by atoms with van der Waals surface area (Å²) in [5, 5.41) is 8.48. The summed E-state index contributed by atoms with van der Waals surface area (Å²) in [5.74, 6) is -1.18. The third-order valence-electron chi connectivity index (χ3n) is 1.71. The van der Waals surface area contributed by atoms with Crippen LogP contribution < -0.4 is 4.74 Å². The van der Waals surface area contributed by atoms with Gasteiger partial charge in [0.25, 0.3) is 0 Å². The quantitative estimate of drug-likeness (QED) is 0.273. The molecule has 0 saturated carbocycles. The third-order valence-corrected chi connectivity index (χ3v) is 3.96. The van der Waals surface area contributed by atoms with Gasteiger partial charge in [-0.25, -0.2) is 4.79 Å². The second-order valence-corrected chi connectivity index (χ2v) is 4.89. The fourth-order valence-electron chi connectivity index (χ4n) is 0.860. The molecule has 0 aliphatic heterocycles. The van der Waals surface area contributed by atoms with Gasteiger partial charge in [0.2, 0.25) is 0 Å². The van der Waals surface area contributed by atoms with Crippen LogP contribution in [0.15, 0.2) is 0 Å². The third kappa shape index (κ3) is 5.22. The molecule has 0 saturated heterocycles. The van der Waals surface area contributed by atoms with Crippen LogP contribution in [-0.2, 0) is 4.79 Å². The Hall–Kier alpha value is 1.32. The predicted molar refractivity (Wildman–Crippen MR) is 81.0 cm³/mol. The van der Waals surface area contributed by atoms with Crippen LogP contribution in [-0.4, -0.2) is 60.4 Å². The Balaban J connectivity index is 0. The zero-order valence-electron chi connectivity index (χ0n) is 8.73. The van der Waals surface area contributed by atoms with E-state index in [1.807, 2.05) is 0 Å². The van der Waals surface area contributed by atoms with Gasteiger partial charge in [-0.1, -0.05) is 58.0 Å². The Morgan fingerprint density at radius 1 is 1.00 bits per heavy atom. The minimum absolute atomic E-state index is 0. The van der Waals surface area contributed by atoms with Crippen molar-refractivity contribution < 1.29 is 20.1 Å². The molecule has 0 fully saturated rings. The zero-order valence-corrected chi connectivity index (χ0v) is 12.5. The summed E-state index contributed by atoms with van der Waals surface area (Å²) in [6.45, 7) is 1.23.